The fourth-order valence-electron chi connectivity index (χ4n) is 2.85. The fourth-order valence-corrected chi connectivity index (χ4v) is 3.13. The molecule has 152 valence electrons. The van der Waals surface area contributed by atoms with Crippen LogP contribution in [0.5, 0.6) is 0 Å². The first kappa shape index (κ1) is 28.6. The zero-order chi connectivity index (χ0) is 18.8. The van der Waals surface area contributed by atoms with Crippen LogP contribution in [0.4, 0.5) is 0 Å². The van der Waals surface area contributed by atoms with Crippen LogP contribution >= 0.6 is 0 Å². The third kappa shape index (κ3) is 24.4. The van der Waals surface area contributed by atoms with E-state index >= 15 is 0 Å². The van der Waals surface area contributed by atoms with Crippen molar-refractivity contribution in [2.45, 2.75) is 110 Å². The normalized spacial score (nSPS) is 11.2. The average molecular weight is 403 g/mol. The molecule has 0 unspecified atom stereocenters. The maximum Gasteiger partial charge on any atom is 1.00 e. The zero-order valence-corrected chi connectivity index (χ0v) is 19.8. The summed E-state index contributed by atoms with van der Waals surface area (Å²) in [6.45, 7) is 2.25. The Morgan fingerprint density at radius 3 is 1.46 bits per heavy atom. The molecule has 0 heterocycles. The van der Waals surface area contributed by atoms with Gasteiger partial charge in [0.25, 0.3) is 0 Å². The van der Waals surface area contributed by atoms with Gasteiger partial charge in [0.05, 0.1) is 0 Å². The summed E-state index contributed by atoms with van der Waals surface area (Å²) in [6.07, 6.45) is 19.1. The summed E-state index contributed by atoms with van der Waals surface area (Å²) in [5.41, 5.74) is 0. The number of esters is 1. The van der Waals surface area contributed by atoms with Gasteiger partial charge in [-0.1, -0.05) is 96.8 Å². The summed E-state index contributed by atoms with van der Waals surface area (Å²) < 4.78 is 33.8. The van der Waals surface area contributed by atoms with Gasteiger partial charge in [-0.3, -0.25) is 9.35 Å². The third-order valence-electron chi connectivity index (χ3n) is 4.35. The predicted octanol–water partition coefficient (Wildman–Crippen LogP) is 2.75. The Morgan fingerprint density at radius 1 is 0.769 bits per heavy atom. The van der Waals surface area contributed by atoms with Crippen molar-refractivity contribution in [2.24, 2.45) is 0 Å². The van der Waals surface area contributed by atoms with Gasteiger partial charge in [0.2, 0.25) is 5.94 Å². The van der Waals surface area contributed by atoms with Gasteiger partial charge in [-0.05, 0) is 6.42 Å². The molecular formula is C19H39NaO5S. The van der Waals surface area contributed by atoms with Crippen molar-refractivity contribution in [3.8, 4) is 0 Å². The second-order valence-electron chi connectivity index (χ2n) is 6.92. The molecule has 0 aliphatic rings. The van der Waals surface area contributed by atoms with Crippen LogP contribution in [0.25, 0.3) is 0 Å². The van der Waals surface area contributed by atoms with Crippen molar-refractivity contribution in [3.63, 3.8) is 0 Å². The third-order valence-corrected chi connectivity index (χ3v) is 4.77. The molecule has 0 saturated heterocycles. The molecule has 0 amide bonds. The van der Waals surface area contributed by atoms with E-state index in [1.165, 1.54) is 77.0 Å². The molecule has 0 rings (SSSR count). The monoisotopic (exact) mass is 402 g/mol. The van der Waals surface area contributed by atoms with Gasteiger partial charge < -0.3 is 6.16 Å². The van der Waals surface area contributed by atoms with Crippen molar-refractivity contribution < 1.29 is 53.5 Å². The van der Waals surface area contributed by atoms with E-state index in [9.17, 15) is 13.2 Å². The molecule has 0 atom stereocenters. The van der Waals surface area contributed by atoms with Gasteiger partial charge in [-0.2, -0.15) is 8.42 Å². The number of rotatable bonds is 18. The Balaban J connectivity index is -0.00000288. The summed E-state index contributed by atoms with van der Waals surface area (Å²) in [6, 6.07) is 0. The largest absolute Gasteiger partial charge is 1.00 e. The number of ether oxygens (including phenoxy) is 1. The maximum absolute atomic E-state index is 11.2. The van der Waals surface area contributed by atoms with Gasteiger partial charge in [-0.25, -0.2) is 0 Å². The molecule has 0 aliphatic carbocycles. The molecule has 0 saturated carbocycles. The molecule has 0 spiro atoms. The maximum atomic E-state index is 11.2. The van der Waals surface area contributed by atoms with Crippen molar-refractivity contribution in [1.82, 2.24) is 0 Å². The Morgan fingerprint density at radius 2 is 1.12 bits per heavy atom. The molecule has 0 fully saturated rings. The van der Waals surface area contributed by atoms with E-state index in [2.05, 4.69) is 11.7 Å². The first-order valence-electron chi connectivity index (χ1n) is 10.1. The van der Waals surface area contributed by atoms with Gasteiger partial charge in [-0.15, -0.1) is 0 Å². The minimum atomic E-state index is -4.22. The smallest absolute Gasteiger partial charge is 1.00 e. The first-order chi connectivity index (χ1) is 12.0. The summed E-state index contributed by atoms with van der Waals surface area (Å²) >= 11 is 0. The number of carbonyl (C=O) groups excluding carboxylic acids is 1. The second-order valence-corrected chi connectivity index (χ2v) is 8.32. The van der Waals surface area contributed by atoms with E-state index in [0.717, 1.165) is 12.8 Å². The molecule has 0 bridgehead atoms. The molecule has 26 heavy (non-hydrogen) atoms. The van der Waals surface area contributed by atoms with Crippen LogP contribution in [0, 0.1) is 0 Å². The number of hydrogen-bond donors (Lipinski definition) is 1. The molecule has 7 heteroatoms. The molecule has 0 aromatic rings. The molecule has 0 radical (unpaired) electrons. The van der Waals surface area contributed by atoms with Crippen LogP contribution in [0.15, 0.2) is 0 Å². The number of unbranched alkanes of at least 4 members (excludes halogenated alkanes) is 14. The van der Waals surface area contributed by atoms with E-state index in [1.807, 2.05) is 0 Å². The number of carbonyl (C=O) groups is 1. The van der Waals surface area contributed by atoms with Crippen LogP contribution in [0.1, 0.15) is 111 Å². The quantitative estimate of drug-likeness (QED) is 0.165. The standard InChI is InChI=1S/C19H38O5S.Na.H/c1-2-3-4-5-6-7-8-9-10-11-12-13-14-15-16-17-19(20)24-18-25(21,22)23;;/h2-18H2,1H3,(H,21,22,23);;/q;+1;-1. The Hall–Kier alpha value is 0.380. The van der Waals surface area contributed by atoms with E-state index in [-0.39, 0.29) is 37.4 Å². The molecule has 0 aliphatic heterocycles. The van der Waals surface area contributed by atoms with Crippen LogP contribution in [-0.2, 0) is 19.6 Å². The second kappa shape index (κ2) is 20.1. The van der Waals surface area contributed by atoms with E-state index < -0.39 is 22.0 Å². The Kier molecular flexibility index (Phi) is 22.1. The van der Waals surface area contributed by atoms with Gasteiger partial charge in [0.15, 0.2) is 0 Å². The zero-order valence-electron chi connectivity index (χ0n) is 18.0. The minimum Gasteiger partial charge on any atom is -1.00 e. The van der Waals surface area contributed by atoms with Crippen molar-refractivity contribution >= 4 is 16.1 Å². The minimum absolute atomic E-state index is 0. The molecular weight excluding hydrogens is 363 g/mol. The Bertz CT molecular complexity index is 418. The van der Waals surface area contributed by atoms with Crippen LogP contribution in [0.2, 0.25) is 0 Å². The van der Waals surface area contributed by atoms with Crippen LogP contribution < -0.4 is 29.6 Å². The van der Waals surface area contributed by atoms with E-state index in [4.69, 9.17) is 4.55 Å². The molecule has 5 nitrogen and oxygen atoms in total. The first-order valence-corrected chi connectivity index (χ1v) is 11.7. The van der Waals surface area contributed by atoms with Crippen LogP contribution in [0.3, 0.4) is 0 Å². The summed E-state index contributed by atoms with van der Waals surface area (Å²) in [4.78, 5) is 11.2. The van der Waals surface area contributed by atoms with E-state index in [1.54, 1.807) is 0 Å². The summed E-state index contributed by atoms with van der Waals surface area (Å²) in [5, 5.41) is 0. The molecule has 1 N–H and O–H groups in total. The number of hydrogen-bond acceptors (Lipinski definition) is 4. The van der Waals surface area contributed by atoms with Crippen molar-refractivity contribution in [1.29, 1.82) is 0 Å². The summed E-state index contributed by atoms with van der Waals surface area (Å²) in [5.74, 6) is -1.50. The van der Waals surface area contributed by atoms with Gasteiger partial charge in [0, 0.05) is 6.42 Å². The van der Waals surface area contributed by atoms with Crippen molar-refractivity contribution in [2.75, 3.05) is 5.94 Å². The van der Waals surface area contributed by atoms with E-state index in [0.29, 0.717) is 6.42 Å². The summed E-state index contributed by atoms with van der Waals surface area (Å²) in [7, 11) is -4.22. The topological polar surface area (TPSA) is 80.7 Å². The molecule has 0 aromatic carbocycles. The molecule has 0 aromatic heterocycles. The van der Waals surface area contributed by atoms with Gasteiger partial charge >= 0.3 is 45.6 Å². The van der Waals surface area contributed by atoms with Crippen molar-refractivity contribution in [3.05, 3.63) is 0 Å². The van der Waals surface area contributed by atoms with Gasteiger partial charge in [0.1, 0.15) is 0 Å². The van der Waals surface area contributed by atoms with Crippen LogP contribution in [-0.4, -0.2) is 24.9 Å². The predicted molar refractivity (Wildman–Crippen MR) is 103 cm³/mol. The SMILES string of the molecule is CCCCCCCCCCCCCCCCCC(=O)OCS(=O)(=O)O.[H-].[Na+]. The fraction of sp³-hybridized carbons (Fsp3) is 0.947. The average Bonchev–Trinajstić information content (AvgIpc) is 2.56. The Labute approximate surface area is 184 Å².